The van der Waals surface area contributed by atoms with Gasteiger partial charge in [-0.2, -0.15) is 5.26 Å². The minimum atomic E-state index is -2.37. The maximum Gasteiger partial charge on any atom is 0.265 e. The standard InChI is InChI=1S/C29H36F2N4O3/c1-28(2,30)19-34-14-10-20(11-15-34)18-38-25-9-8-21(16-22(25)17-32)23-6-3-4-12-29(23,31)27(37)35-13-5-7-24(35)26(33)36/h3-4,6,8-9,16,20,24H,5,7,10-15,18-19H2,1-2H3,(H2,33,36)/t24-,29?/m0/s1. The first-order valence-electron chi connectivity index (χ1n) is 13.3. The number of hydrogen-bond donors (Lipinski definition) is 1. The van der Waals surface area contributed by atoms with Gasteiger partial charge in [0.05, 0.1) is 12.2 Å². The predicted octanol–water partition coefficient (Wildman–Crippen LogP) is 3.93. The molecule has 1 unspecified atom stereocenters. The molecule has 2 fully saturated rings. The summed E-state index contributed by atoms with van der Waals surface area (Å²) in [5.41, 5.74) is 2.67. The van der Waals surface area contributed by atoms with Crippen LogP contribution in [0.4, 0.5) is 8.78 Å². The van der Waals surface area contributed by atoms with Crippen molar-refractivity contribution in [2.75, 3.05) is 32.8 Å². The summed E-state index contributed by atoms with van der Waals surface area (Å²) in [7, 11) is 0. The molecule has 1 aliphatic carbocycles. The number of carbonyl (C=O) groups is 2. The van der Waals surface area contributed by atoms with Crippen molar-refractivity contribution >= 4 is 17.4 Å². The molecule has 7 nitrogen and oxygen atoms in total. The third kappa shape index (κ3) is 6.07. The summed E-state index contributed by atoms with van der Waals surface area (Å²) in [6, 6.07) is 6.16. The minimum Gasteiger partial charge on any atom is -0.492 e. The number of primary amides is 1. The maximum atomic E-state index is 16.5. The second-order valence-electron chi connectivity index (χ2n) is 11.1. The SMILES string of the molecule is CC(C)(F)CN1CCC(COc2ccc(C3=CC=CCC3(F)C(=O)N3CCC[C@H]3C(N)=O)cc2C#N)CC1. The molecule has 0 saturated carbocycles. The van der Waals surface area contributed by atoms with Gasteiger partial charge in [0.1, 0.15) is 23.5 Å². The molecule has 0 radical (unpaired) electrons. The molecule has 3 aliphatic rings. The number of alkyl halides is 2. The summed E-state index contributed by atoms with van der Waals surface area (Å²) in [6.07, 6.45) is 7.40. The first-order valence-corrected chi connectivity index (χ1v) is 13.3. The molecule has 2 aliphatic heterocycles. The van der Waals surface area contributed by atoms with Crippen LogP contribution in [0.1, 0.15) is 57.1 Å². The number of rotatable bonds is 8. The van der Waals surface area contributed by atoms with Crippen LogP contribution in [0.5, 0.6) is 5.75 Å². The lowest BCUT2D eigenvalue weighted by atomic mass is 9.82. The number of benzene rings is 1. The zero-order valence-electron chi connectivity index (χ0n) is 22.1. The van der Waals surface area contributed by atoms with E-state index in [-0.39, 0.29) is 24.1 Å². The Bertz CT molecular complexity index is 1160. The van der Waals surface area contributed by atoms with E-state index in [1.807, 2.05) is 0 Å². The number of likely N-dealkylation sites (tertiary alicyclic amines) is 2. The zero-order chi connectivity index (χ0) is 27.5. The van der Waals surface area contributed by atoms with Crippen molar-refractivity contribution in [1.82, 2.24) is 9.80 Å². The van der Waals surface area contributed by atoms with Crippen molar-refractivity contribution in [3.05, 3.63) is 47.6 Å². The molecule has 4 rings (SSSR count). The lowest BCUT2D eigenvalue weighted by Gasteiger charge is -2.34. The molecule has 0 bridgehead atoms. The maximum absolute atomic E-state index is 16.5. The summed E-state index contributed by atoms with van der Waals surface area (Å²) >= 11 is 0. The Morgan fingerprint density at radius 3 is 2.63 bits per heavy atom. The molecule has 2 atom stereocenters. The quantitative estimate of drug-likeness (QED) is 0.554. The van der Waals surface area contributed by atoms with E-state index in [2.05, 4.69) is 11.0 Å². The smallest absolute Gasteiger partial charge is 0.265 e. The molecule has 2 N–H and O–H groups in total. The van der Waals surface area contributed by atoms with Crippen molar-refractivity contribution in [3.8, 4) is 11.8 Å². The van der Waals surface area contributed by atoms with E-state index in [4.69, 9.17) is 10.5 Å². The second-order valence-corrected chi connectivity index (χ2v) is 11.1. The third-order valence-electron chi connectivity index (χ3n) is 7.60. The van der Waals surface area contributed by atoms with Crippen molar-refractivity contribution in [1.29, 1.82) is 5.26 Å². The summed E-state index contributed by atoms with van der Waals surface area (Å²) in [6.45, 7) is 5.88. The second kappa shape index (κ2) is 11.2. The summed E-state index contributed by atoms with van der Waals surface area (Å²) in [4.78, 5) is 28.6. The molecule has 2 saturated heterocycles. The summed E-state index contributed by atoms with van der Waals surface area (Å²) in [5, 5.41) is 9.80. The average molecular weight is 527 g/mol. The topological polar surface area (TPSA) is 99.7 Å². The zero-order valence-corrected chi connectivity index (χ0v) is 22.1. The van der Waals surface area contributed by atoms with E-state index < -0.39 is 29.2 Å². The Labute approximate surface area is 222 Å². The molecule has 2 heterocycles. The summed E-state index contributed by atoms with van der Waals surface area (Å²) < 4.78 is 36.4. The normalized spacial score (nSPS) is 24.7. The van der Waals surface area contributed by atoms with Crippen LogP contribution in [0.2, 0.25) is 0 Å². The van der Waals surface area contributed by atoms with Crippen LogP contribution < -0.4 is 10.5 Å². The van der Waals surface area contributed by atoms with Gasteiger partial charge < -0.3 is 20.3 Å². The molecule has 2 amide bonds. The van der Waals surface area contributed by atoms with Crippen molar-refractivity contribution < 1.29 is 23.1 Å². The number of carbonyl (C=O) groups excluding carboxylic acids is 2. The Morgan fingerprint density at radius 1 is 1.24 bits per heavy atom. The highest BCUT2D eigenvalue weighted by Crippen LogP contribution is 2.41. The van der Waals surface area contributed by atoms with Gasteiger partial charge in [-0.15, -0.1) is 0 Å². The number of allylic oxidation sites excluding steroid dienone is 3. The van der Waals surface area contributed by atoms with E-state index in [0.29, 0.717) is 43.2 Å². The molecule has 1 aromatic carbocycles. The molecule has 0 spiro atoms. The van der Waals surface area contributed by atoms with E-state index in [9.17, 15) is 19.2 Å². The first kappa shape index (κ1) is 27.8. The highest BCUT2D eigenvalue weighted by atomic mass is 19.1. The van der Waals surface area contributed by atoms with Gasteiger partial charge in [-0.05, 0) is 76.2 Å². The van der Waals surface area contributed by atoms with Crippen molar-refractivity contribution in [2.45, 2.75) is 63.3 Å². The van der Waals surface area contributed by atoms with Gasteiger partial charge in [0.25, 0.3) is 5.91 Å². The number of halogens is 2. The van der Waals surface area contributed by atoms with Gasteiger partial charge in [0.2, 0.25) is 11.6 Å². The third-order valence-corrected chi connectivity index (χ3v) is 7.60. The molecule has 0 aromatic heterocycles. The molecular formula is C29H36F2N4O3. The van der Waals surface area contributed by atoms with Crippen LogP contribution in [-0.4, -0.2) is 71.8 Å². The lowest BCUT2D eigenvalue weighted by molar-refractivity contribution is -0.144. The van der Waals surface area contributed by atoms with Crippen LogP contribution in [-0.2, 0) is 9.59 Å². The van der Waals surface area contributed by atoms with Gasteiger partial charge >= 0.3 is 0 Å². The lowest BCUT2D eigenvalue weighted by Crippen LogP contribution is -2.52. The number of nitrogens with two attached hydrogens (primary N) is 1. The van der Waals surface area contributed by atoms with Gasteiger partial charge in [-0.1, -0.05) is 24.3 Å². The summed E-state index contributed by atoms with van der Waals surface area (Å²) in [5.74, 6) is -0.724. The van der Waals surface area contributed by atoms with Gasteiger partial charge in [0.15, 0.2) is 0 Å². The number of nitrogens with zero attached hydrogens (tertiary/aromatic N) is 3. The van der Waals surface area contributed by atoms with Crippen LogP contribution in [0.3, 0.4) is 0 Å². The predicted molar refractivity (Wildman–Crippen MR) is 141 cm³/mol. The van der Waals surface area contributed by atoms with Crippen LogP contribution in [0.25, 0.3) is 5.57 Å². The van der Waals surface area contributed by atoms with E-state index in [0.717, 1.165) is 25.9 Å². The Hall–Kier alpha value is -3.25. The number of amides is 2. The van der Waals surface area contributed by atoms with E-state index in [1.54, 1.807) is 50.3 Å². The number of ether oxygens (including phenoxy) is 1. The number of piperidine rings is 1. The fourth-order valence-corrected chi connectivity index (χ4v) is 5.66. The average Bonchev–Trinajstić information content (AvgIpc) is 3.37. The largest absolute Gasteiger partial charge is 0.492 e. The molecule has 204 valence electrons. The van der Waals surface area contributed by atoms with Crippen LogP contribution in [0.15, 0.2) is 36.4 Å². The molecule has 38 heavy (non-hydrogen) atoms. The van der Waals surface area contributed by atoms with Crippen molar-refractivity contribution in [2.24, 2.45) is 11.7 Å². The fraction of sp³-hybridized carbons (Fsp3) is 0.552. The Balaban J connectivity index is 1.46. The van der Waals surface area contributed by atoms with E-state index >= 15 is 4.39 Å². The first-order chi connectivity index (χ1) is 18.0. The monoisotopic (exact) mass is 526 g/mol. The Kier molecular flexibility index (Phi) is 8.22. The van der Waals surface area contributed by atoms with Crippen molar-refractivity contribution in [3.63, 3.8) is 0 Å². The minimum absolute atomic E-state index is 0.145. The van der Waals surface area contributed by atoms with Gasteiger partial charge in [-0.25, -0.2) is 8.78 Å². The molecule has 1 aromatic rings. The number of hydrogen-bond acceptors (Lipinski definition) is 5. The van der Waals surface area contributed by atoms with Crippen LogP contribution >= 0.6 is 0 Å². The van der Waals surface area contributed by atoms with E-state index in [1.165, 1.54) is 4.90 Å². The van der Waals surface area contributed by atoms with Gasteiger partial charge in [0, 0.05) is 25.1 Å². The van der Waals surface area contributed by atoms with Gasteiger partial charge in [-0.3, -0.25) is 9.59 Å². The highest BCUT2D eigenvalue weighted by molar-refractivity contribution is 6.02. The molecular weight excluding hydrogens is 490 g/mol. The number of nitriles is 1. The molecule has 9 heteroatoms. The highest BCUT2D eigenvalue weighted by Gasteiger charge is 2.49. The Morgan fingerprint density at radius 2 is 1.97 bits per heavy atom. The van der Waals surface area contributed by atoms with Crippen LogP contribution in [0, 0.1) is 17.2 Å². The fourth-order valence-electron chi connectivity index (χ4n) is 5.66.